The van der Waals surface area contributed by atoms with Crippen LogP contribution in [0, 0.1) is 0 Å². The fourth-order valence-corrected chi connectivity index (χ4v) is 2.42. The molecule has 21 heavy (non-hydrogen) atoms. The van der Waals surface area contributed by atoms with Gasteiger partial charge in [-0.25, -0.2) is 4.79 Å². The van der Waals surface area contributed by atoms with Gasteiger partial charge in [-0.15, -0.1) is 0 Å². The number of halogens is 1. The van der Waals surface area contributed by atoms with Crippen LogP contribution < -0.4 is 0 Å². The molecule has 0 atom stereocenters. The number of carbonyl (C=O) groups is 2. The maximum absolute atomic E-state index is 12.5. The Labute approximate surface area is 130 Å². The van der Waals surface area contributed by atoms with Crippen LogP contribution in [0.25, 0.3) is 6.08 Å². The van der Waals surface area contributed by atoms with Crippen molar-refractivity contribution in [3.8, 4) is 0 Å². The molecule has 2 aromatic carbocycles. The highest BCUT2D eigenvalue weighted by Gasteiger charge is 2.24. The topological polar surface area (TPSA) is 43.4 Å². The van der Waals surface area contributed by atoms with Crippen LogP contribution in [-0.2, 0) is 16.1 Å². The van der Waals surface area contributed by atoms with Gasteiger partial charge >= 0.3 is 5.97 Å². The van der Waals surface area contributed by atoms with E-state index in [1.165, 1.54) is 0 Å². The van der Waals surface area contributed by atoms with E-state index in [1.54, 1.807) is 30.3 Å². The highest BCUT2D eigenvalue weighted by Crippen LogP contribution is 2.22. The van der Waals surface area contributed by atoms with Crippen LogP contribution in [0.4, 0.5) is 0 Å². The SMILES string of the molecule is O=C1OCc2ccccc2C=C1C(=O)c1ccc(Br)cc1. The number of cyclic esters (lactones) is 1. The van der Waals surface area contributed by atoms with Crippen molar-refractivity contribution >= 4 is 33.8 Å². The Kier molecular flexibility index (Phi) is 3.71. The van der Waals surface area contributed by atoms with E-state index in [2.05, 4.69) is 15.9 Å². The van der Waals surface area contributed by atoms with Crippen molar-refractivity contribution in [3.05, 3.63) is 75.3 Å². The van der Waals surface area contributed by atoms with Crippen LogP contribution in [0.15, 0.2) is 58.6 Å². The fraction of sp³-hybridized carbons (Fsp3) is 0.0588. The van der Waals surface area contributed by atoms with E-state index in [1.807, 2.05) is 24.3 Å². The molecule has 0 unspecified atom stereocenters. The molecule has 0 spiro atoms. The summed E-state index contributed by atoms with van der Waals surface area (Å²) in [5.41, 5.74) is 2.25. The van der Waals surface area contributed by atoms with Crippen molar-refractivity contribution in [1.29, 1.82) is 0 Å². The molecule has 0 aliphatic carbocycles. The molecule has 0 N–H and O–H groups in total. The van der Waals surface area contributed by atoms with E-state index >= 15 is 0 Å². The molecule has 0 bridgehead atoms. The number of fused-ring (bicyclic) bond motifs is 1. The first-order valence-electron chi connectivity index (χ1n) is 6.42. The third-order valence-electron chi connectivity index (χ3n) is 3.28. The van der Waals surface area contributed by atoms with Crippen molar-refractivity contribution in [3.63, 3.8) is 0 Å². The van der Waals surface area contributed by atoms with Crippen molar-refractivity contribution in [2.24, 2.45) is 0 Å². The Morgan fingerprint density at radius 3 is 2.52 bits per heavy atom. The number of Topliss-reactive ketones (excluding diaryl/α,β-unsaturated/α-hetero) is 1. The molecule has 0 saturated carbocycles. The Bertz CT molecular complexity index is 745. The minimum atomic E-state index is -0.584. The molecule has 1 aliphatic rings. The molecule has 3 rings (SSSR count). The third-order valence-corrected chi connectivity index (χ3v) is 3.81. The summed E-state index contributed by atoms with van der Waals surface area (Å²) >= 11 is 3.32. The molecular formula is C17H11BrO3. The quantitative estimate of drug-likeness (QED) is 0.474. The van der Waals surface area contributed by atoms with Gasteiger partial charge in [-0.2, -0.15) is 0 Å². The first-order chi connectivity index (χ1) is 10.1. The summed E-state index contributed by atoms with van der Waals surface area (Å²) in [6.07, 6.45) is 1.61. The summed E-state index contributed by atoms with van der Waals surface area (Å²) in [6, 6.07) is 14.4. The predicted molar refractivity (Wildman–Crippen MR) is 82.7 cm³/mol. The molecule has 0 saturated heterocycles. The second-order valence-corrected chi connectivity index (χ2v) is 5.58. The largest absolute Gasteiger partial charge is 0.457 e. The van der Waals surface area contributed by atoms with E-state index in [0.29, 0.717) is 5.56 Å². The second kappa shape index (κ2) is 5.66. The second-order valence-electron chi connectivity index (χ2n) is 4.67. The monoisotopic (exact) mass is 342 g/mol. The standard InChI is InChI=1S/C17H11BrO3/c18-14-7-5-11(6-8-14)16(19)15-9-12-3-1-2-4-13(12)10-21-17(15)20/h1-9H,10H2. The maximum Gasteiger partial charge on any atom is 0.342 e. The van der Waals surface area contributed by atoms with Crippen molar-refractivity contribution in [1.82, 2.24) is 0 Å². The Balaban J connectivity index is 2.03. The average Bonchev–Trinajstić information content (AvgIpc) is 2.67. The first-order valence-corrected chi connectivity index (χ1v) is 7.21. The average molecular weight is 343 g/mol. The number of esters is 1. The minimum absolute atomic E-state index is 0.0577. The van der Waals surface area contributed by atoms with E-state index in [9.17, 15) is 9.59 Å². The predicted octanol–water partition coefficient (Wildman–Crippen LogP) is 3.77. The molecule has 3 nitrogen and oxygen atoms in total. The maximum atomic E-state index is 12.5. The lowest BCUT2D eigenvalue weighted by atomic mass is 10.00. The van der Waals surface area contributed by atoms with Gasteiger partial charge in [0.25, 0.3) is 0 Å². The van der Waals surface area contributed by atoms with Gasteiger partial charge in [-0.1, -0.05) is 40.2 Å². The summed E-state index contributed by atoms with van der Waals surface area (Å²) in [5, 5.41) is 0. The summed E-state index contributed by atoms with van der Waals surface area (Å²) in [6.45, 7) is 0.183. The molecule has 2 aromatic rings. The number of rotatable bonds is 2. The number of carbonyl (C=O) groups excluding carboxylic acids is 2. The van der Waals surface area contributed by atoms with Gasteiger partial charge in [0.2, 0.25) is 0 Å². The number of hydrogen-bond donors (Lipinski definition) is 0. The zero-order valence-corrected chi connectivity index (χ0v) is 12.6. The Morgan fingerprint density at radius 2 is 1.76 bits per heavy atom. The lowest BCUT2D eigenvalue weighted by Crippen LogP contribution is -2.14. The van der Waals surface area contributed by atoms with Crippen LogP contribution in [0.1, 0.15) is 21.5 Å². The summed E-state index contributed by atoms with van der Waals surface area (Å²) in [7, 11) is 0. The molecule has 0 radical (unpaired) electrons. The molecule has 104 valence electrons. The summed E-state index contributed by atoms with van der Waals surface area (Å²) in [4.78, 5) is 24.5. The van der Waals surface area contributed by atoms with E-state index in [0.717, 1.165) is 15.6 Å². The molecule has 0 fully saturated rings. The van der Waals surface area contributed by atoms with Crippen LogP contribution in [0.3, 0.4) is 0 Å². The minimum Gasteiger partial charge on any atom is -0.457 e. The number of ether oxygens (including phenoxy) is 1. The third kappa shape index (κ3) is 2.81. The summed E-state index contributed by atoms with van der Waals surface area (Å²) < 4.78 is 6.05. The highest BCUT2D eigenvalue weighted by atomic mass is 79.9. The van der Waals surface area contributed by atoms with Gasteiger partial charge in [0.1, 0.15) is 12.2 Å². The summed E-state index contributed by atoms with van der Waals surface area (Å²) in [5.74, 6) is -0.914. The van der Waals surface area contributed by atoms with Crippen LogP contribution in [0.2, 0.25) is 0 Å². The fourth-order valence-electron chi connectivity index (χ4n) is 2.16. The van der Waals surface area contributed by atoms with E-state index in [-0.39, 0.29) is 18.0 Å². The smallest absolute Gasteiger partial charge is 0.342 e. The first kappa shape index (κ1) is 13.8. The van der Waals surface area contributed by atoms with Crippen LogP contribution >= 0.6 is 15.9 Å². The van der Waals surface area contributed by atoms with E-state index in [4.69, 9.17) is 4.74 Å². The van der Waals surface area contributed by atoms with Crippen molar-refractivity contribution < 1.29 is 14.3 Å². The molecule has 1 aliphatic heterocycles. The van der Waals surface area contributed by atoms with Gasteiger partial charge in [0, 0.05) is 10.0 Å². The normalized spacial score (nSPS) is 13.8. The lowest BCUT2D eigenvalue weighted by Gasteiger charge is -2.04. The molecule has 4 heteroatoms. The van der Waals surface area contributed by atoms with Gasteiger partial charge in [-0.05, 0) is 41.5 Å². The van der Waals surface area contributed by atoms with E-state index < -0.39 is 5.97 Å². The number of benzene rings is 2. The zero-order valence-electron chi connectivity index (χ0n) is 11.0. The molecule has 0 aromatic heterocycles. The molecule has 1 heterocycles. The molecule has 0 amide bonds. The lowest BCUT2D eigenvalue weighted by molar-refractivity contribution is -0.139. The van der Waals surface area contributed by atoms with Crippen molar-refractivity contribution in [2.45, 2.75) is 6.61 Å². The van der Waals surface area contributed by atoms with Crippen molar-refractivity contribution in [2.75, 3.05) is 0 Å². The zero-order chi connectivity index (χ0) is 14.8. The number of hydrogen-bond acceptors (Lipinski definition) is 3. The van der Waals surface area contributed by atoms with Gasteiger partial charge in [-0.3, -0.25) is 4.79 Å². The van der Waals surface area contributed by atoms with Gasteiger partial charge < -0.3 is 4.74 Å². The van der Waals surface area contributed by atoms with Crippen LogP contribution in [0.5, 0.6) is 0 Å². The number of ketones is 1. The Morgan fingerprint density at radius 1 is 1.05 bits per heavy atom. The highest BCUT2D eigenvalue weighted by molar-refractivity contribution is 9.10. The van der Waals surface area contributed by atoms with Gasteiger partial charge in [0.15, 0.2) is 5.78 Å². The van der Waals surface area contributed by atoms with Crippen LogP contribution in [-0.4, -0.2) is 11.8 Å². The Hall–Kier alpha value is -2.20. The van der Waals surface area contributed by atoms with Gasteiger partial charge in [0.05, 0.1) is 0 Å². The molecular weight excluding hydrogens is 332 g/mol.